The molecule has 162 valence electrons. The van der Waals surface area contributed by atoms with E-state index in [0.29, 0.717) is 17.5 Å². The lowest BCUT2D eigenvalue weighted by molar-refractivity contribution is -0.144. The summed E-state index contributed by atoms with van der Waals surface area (Å²) in [5.41, 5.74) is 1.06. The number of esters is 1. The van der Waals surface area contributed by atoms with Crippen molar-refractivity contribution < 1.29 is 19.1 Å². The molecule has 0 bridgehead atoms. The molecule has 0 spiro atoms. The Morgan fingerprint density at radius 2 is 1.34 bits per heavy atom. The molecule has 3 aromatic rings. The Kier molecular flexibility index (Phi) is 6.31. The molecule has 0 saturated carbocycles. The molecule has 1 heterocycles. The van der Waals surface area contributed by atoms with Crippen LogP contribution in [0.3, 0.4) is 0 Å². The molecular weight excluding hydrogens is 404 g/mol. The average molecular weight is 428 g/mol. The smallest absolute Gasteiger partial charge is 0.325 e. The van der Waals surface area contributed by atoms with Crippen LogP contribution in [-0.2, 0) is 26.3 Å². The van der Waals surface area contributed by atoms with Gasteiger partial charge in [-0.3, -0.25) is 14.9 Å². The lowest BCUT2D eigenvalue weighted by Gasteiger charge is -2.36. The van der Waals surface area contributed by atoms with E-state index >= 15 is 0 Å². The molecule has 0 radical (unpaired) electrons. The van der Waals surface area contributed by atoms with Gasteiger partial charge < -0.3 is 9.64 Å². The Bertz CT molecular complexity index is 1050. The summed E-state index contributed by atoms with van der Waals surface area (Å²) in [7, 11) is 0. The minimum Gasteiger partial charge on any atom is -0.465 e. The molecule has 1 aliphatic heterocycles. The molecule has 1 saturated heterocycles. The van der Waals surface area contributed by atoms with Crippen LogP contribution in [0.25, 0.3) is 0 Å². The van der Waals surface area contributed by atoms with Crippen molar-refractivity contribution in [2.24, 2.45) is 0 Å². The van der Waals surface area contributed by atoms with Crippen LogP contribution in [0.5, 0.6) is 0 Å². The lowest BCUT2D eigenvalue weighted by atomic mass is 9.81. The first-order chi connectivity index (χ1) is 15.6. The van der Waals surface area contributed by atoms with Crippen molar-refractivity contribution in [3.63, 3.8) is 0 Å². The second-order valence-corrected chi connectivity index (χ2v) is 7.56. The Morgan fingerprint density at radius 1 is 0.812 bits per heavy atom. The summed E-state index contributed by atoms with van der Waals surface area (Å²) in [5, 5.41) is 2.44. The maximum Gasteiger partial charge on any atom is 0.325 e. The second kappa shape index (κ2) is 9.47. The van der Waals surface area contributed by atoms with Gasteiger partial charge in [-0.1, -0.05) is 91.0 Å². The monoisotopic (exact) mass is 428 g/mol. The van der Waals surface area contributed by atoms with Gasteiger partial charge in [0, 0.05) is 13.0 Å². The second-order valence-electron chi connectivity index (χ2n) is 7.56. The van der Waals surface area contributed by atoms with E-state index in [0.717, 1.165) is 5.56 Å². The number of amides is 3. The van der Waals surface area contributed by atoms with Crippen LogP contribution in [0, 0.1) is 0 Å². The highest BCUT2D eigenvalue weighted by Crippen LogP contribution is 2.39. The van der Waals surface area contributed by atoms with Gasteiger partial charge in [-0.05, 0) is 16.7 Å². The molecule has 1 aliphatic rings. The average Bonchev–Trinajstić information content (AvgIpc) is 3.09. The third-order valence-corrected chi connectivity index (χ3v) is 5.62. The quantitative estimate of drug-likeness (QED) is 0.439. The first kappa shape index (κ1) is 21.3. The van der Waals surface area contributed by atoms with Crippen molar-refractivity contribution in [3.05, 3.63) is 108 Å². The summed E-state index contributed by atoms with van der Waals surface area (Å²) in [6.45, 7) is 0.308. The molecule has 4 rings (SSSR count). The van der Waals surface area contributed by atoms with E-state index in [2.05, 4.69) is 5.32 Å². The van der Waals surface area contributed by atoms with Crippen molar-refractivity contribution in [2.45, 2.75) is 18.4 Å². The Hall–Kier alpha value is -3.93. The summed E-state index contributed by atoms with van der Waals surface area (Å²) in [5.74, 6) is -0.847. The maximum atomic E-state index is 13.2. The number of hydrogen-bond donors (Lipinski definition) is 1. The molecular formula is C26H24N2O4. The number of urea groups is 1. The number of rotatable bonds is 8. The Balaban J connectivity index is 1.52. The molecule has 6 nitrogen and oxygen atoms in total. The number of hydrogen-bond acceptors (Lipinski definition) is 4. The fourth-order valence-electron chi connectivity index (χ4n) is 4.10. The molecule has 6 heteroatoms. The fourth-order valence-corrected chi connectivity index (χ4v) is 4.10. The minimum atomic E-state index is -1.34. The highest BCUT2D eigenvalue weighted by atomic mass is 16.5. The number of ether oxygens (including phenoxy) is 1. The number of nitrogens with one attached hydrogen (secondary N) is 1. The molecule has 32 heavy (non-hydrogen) atoms. The molecule has 0 atom stereocenters. The fraction of sp³-hybridized carbons (Fsp3) is 0.192. The Morgan fingerprint density at radius 3 is 1.91 bits per heavy atom. The van der Waals surface area contributed by atoms with E-state index in [1.54, 1.807) is 0 Å². The van der Waals surface area contributed by atoms with Gasteiger partial charge in [-0.15, -0.1) is 0 Å². The predicted octanol–water partition coefficient (Wildman–Crippen LogP) is 3.66. The highest BCUT2D eigenvalue weighted by Gasteiger charge is 2.55. The standard InChI is InChI=1S/C26H24N2O4/c29-23(32-19-17-20-10-4-1-5-11-20)16-18-28-25(31)27-24(30)26(28,21-12-6-2-7-13-21)22-14-8-3-9-15-22/h1-15H,16-19H2,(H,27,30,31). The van der Waals surface area contributed by atoms with Gasteiger partial charge in [-0.2, -0.15) is 0 Å². The van der Waals surface area contributed by atoms with Gasteiger partial charge in [0.05, 0.1) is 13.0 Å². The summed E-state index contributed by atoms with van der Waals surface area (Å²) in [6, 6.07) is 27.5. The van der Waals surface area contributed by atoms with E-state index in [9.17, 15) is 14.4 Å². The Labute approximate surface area is 186 Å². The summed E-state index contributed by atoms with van der Waals surface area (Å²) < 4.78 is 5.37. The number of imide groups is 1. The van der Waals surface area contributed by atoms with E-state index in [1.165, 1.54) is 4.90 Å². The zero-order valence-corrected chi connectivity index (χ0v) is 17.6. The predicted molar refractivity (Wildman–Crippen MR) is 120 cm³/mol. The third-order valence-electron chi connectivity index (χ3n) is 5.62. The lowest BCUT2D eigenvalue weighted by Crippen LogP contribution is -2.48. The van der Waals surface area contributed by atoms with Crippen molar-refractivity contribution >= 4 is 17.9 Å². The van der Waals surface area contributed by atoms with Crippen LogP contribution in [-0.4, -0.2) is 36.0 Å². The van der Waals surface area contributed by atoms with E-state index in [-0.39, 0.29) is 19.6 Å². The molecule has 0 aliphatic carbocycles. The van der Waals surface area contributed by atoms with E-state index in [4.69, 9.17) is 4.74 Å². The molecule has 3 aromatic carbocycles. The number of carbonyl (C=O) groups excluding carboxylic acids is 3. The normalized spacial score (nSPS) is 14.8. The number of nitrogens with zero attached hydrogens (tertiary/aromatic N) is 1. The van der Waals surface area contributed by atoms with Gasteiger partial charge in [0.25, 0.3) is 5.91 Å². The van der Waals surface area contributed by atoms with Crippen LogP contribution < -0.4 is 5.32 Å². The summed E-state index contributed by atoms with van der Waals surface area (Å²) >= 11 is 0. The van der Waals surface area contributed by atoms with Gasteiger partial charge >= 0.3 is 12.0 Å². The van der Waals surface area contributed by atoms with Crippen LogP contribution >= 0.6 is 0 Å². The minimum absolute atomic E-state index is 0.0170. The third kappa shape index (κ3) is 4.12. The zero-order chi connectivity index (χ0) is 22.4. The maximum absolute atomic E-state index is 13.2. The van der Waals surface area contributed by atoms with Crippen molar-refractivity contribution in [3.8, 4) is 0 Å². The van der Waals surface area contributed by atoms with Gasteiger partial charge in [-0.25, -0.2) is 4.79 Å². The van der Waals surface area contributed by atoms with Gasteiger partial charge in [0.15, 0.2) is 5.54 Å². The largest absolute Gasteiger partial charge is 0.465 e. The van der Waals surface area contributed by atoms with Crippen molar-refractivity contribution in [1.29, 1.82) is 0 Å². The summed E-state index contributed by atoms with van der Waals surface area (Å²) in [4.78, 5) is 39.8. The van der Waals surface area contributed by atoms with Crippen LogP contribution in [0.4, 0.5) is 4.79 Å². The van der Waals surface area contributed by atoms with Gasteiger partial charge in [0.1, 0.15) is 0 Å². The van der Waals surface area contributed by atoms with Crippen molar-refractivity contribution in [2.75, 3.05) is 13.2 Å². The zero-order valence-electron chi connectivity index (χ0n) is 17.6. The van der Waals surface area contributed by atoms with E-state index < -0.39 is 23.4 Å². The molecule has 0 aromatic heterocycles. The first-order valence-corrected chi connectivity index (χ1v) is 10.6. The van der Waals surface area contributed by atoms with Crippen LogP contribution in [0.2, 0.25) is 0 Å². The topological polar surface area (TPSA) is 75.7 Å². The molecule has 0 unspecified atom stereocenters. The molecule has 1 fully saturated rings. The van der Waals surface area contributed by atoms with Crippen LogP contribution in [0.1, 0.15) is 23.1 Å². The van der Waals surface area contributed by atoms with Crippen LogP contribution in [0.15, 0.2) is 91.0 Å². The van der Waals surface area contributed by atoms with Gasteiger partial charge in [0.2, 0.25) is 0 Å². The number of carbonyl (C=O) groups is 3. The summed E-state index contributed by atoms with van der Waals surface area (Å²) in [6.07, 6.45) is 0.601. The molecule has 3 amide bonds. The highest BCUT2D eigenvalue weighted by molar-refractivity contribution is 6.09. The number of benzene rings is 3. The van der Waals surface area contributed by atoms with E-state index in [1.807, 2.05) is 91.0 Å². The van der Waals surface area contributed by atoms with Crippen molar-refractivity contribution in [1.82, 2.24) is 10.2 Å². The molecule has 1 N–H and O–H groups in total. The first-order valence-electron chi connectivity index (χ1n) is 10.6. The SMILES string of the molecule is O=C(CCN1C(=O)NC(=O)C1(c1ccccc1)c1ccccc1)OCCc1ccccc1.